The first-order valence-electron chi connectivity index (χ1n) is 5.71. The van der Waals surface area contributed by atoms with Gasteiger partial charge in [-0.1, -0.05) is 12.1 Å². The molecule has 3 heteroatoms. The lowest BCUT2D eigenvalue weighted by molar-refractivity contribution is 0.701. The topological polar surface area (TPSA) is 42.1 Å². The number of nitrogens with two attached hydrogens (primary N) is 1. The summed E-state index contributed by atoms with van der Waals surface area (Å²) >= 11 is 0. The minimum absolute atomic E-state index is 0.168. The number of fused-ring (bicyclic) bond motifs is 1. The minimum Gasteiger partial charge on any atom is -0.356 e. The van der Waals surface area contributed by atoms with E-state index in [0.29, 0.717) is 0 Å². The average Bonchev–Trinajstić information content (AvgIpc) is 2.75. The number of hydrogen-bond acceptors (Lipinski definition) is 3. The van der Waals surface area contributed by atoms with Crippen molar-refractivity contribution in [2.75, 3.05) is 11.4 Å². The predicted octanol–water partition coefficient (Wildman–Crippen LogP) is 2.12. The van der Waals surface area contributed by atoms with Crippen molar-refractivity contribution in [1.82, 2.24) is 4.98 Å². The average molecular weight is 213 g/mol. The molecule has 1 saturated heterocycles. The smallest absolute Gasteiger partial charge is 0.0771 e. The quantitative estimate of drug-likeness (QED) is 0.789. The van der Waals surface area contributed by atoms with Crippen molar-refractivity contribution in [3.8, 4) is 0 Å². The van der Waals surface area contributed by atoms with E-state index in [0.717, 1.165) is 18.5 Å². The summed E-state index contributed by atoms with van der Waals surface area (Å²) in [5, 5.41) is 1.18. The first kappa shape index (κ1) is 9.60. The summed E-state index contributed by atoms with van der Waals surface area (Å²) in [5.41, 5.74) is 8.29. The molecule has 0 spiro atoms. The molecule has 3 rings (SSSR count). The highest BCUT2D eigenvalue weighted by molar-refractivity contribution is 5.82. The number of pyridine rings is 1. The van der Waals surface area contributed by atoms with Crippen molar-refractivity contribution in [3.05, 3.63) is 36.5 Å². The molecule has 1 aliphatic rings. The summed E-state index contributed by atoms with van der Waals surface area (Å²) in [7, 11) is 0. The van der Waals surface area contributed by atoms with Crippen LogP contribution in [0.2, 0.25) is 0 Å². The monoisotopic (exact) mass is 213 g/mol. The maximum absolute atomic E-state index is 6.06. The third-order valence-electron chi connectivity index (χ3n) is 3.22. The summed E-state index contributed by atoms with van der Waals surface area (Å²) in [6.45, 7) is 1.06. The zero-order valence-corrected chi connectivity index (χ0v) is 9.13. The highest BCUT2D eigenvalue weighted by Gasteiger charge is 2.20. The van der Waals surface area contributed by atoms with Crippen LogP contribution in [0.4, 0.5) is 5.69 Å². The molecule has 1 atom stereocenters. The van der Waals surface area contributed by atoms with Crippen LogP contribution in [0.15, 0.2) is 36.5 Å². The second kappa shape index (κ2) is 3.76. The van der Waals surface area contributed by atoms with Gasteiger partial charge >= 0.3 is 0 Å². The van der Waals surface area contributed by atoms with Crippen molar-refractivity contribution < 1.29 is 0 Å². The van der Waals surface area contributed by atoms with Crippen LogP contribution in [-0.4, -0.2) is 17.7 Å². The van der Waals surface area contributed by atoms with E-state index in [1.807, 2.05) is 12.3 Å². The second-order valence-corrected chi connectivity index (χ2v) is 4.28. The lowest BCUT2D eigenvalue weighted by Crippen LogP contribution is -2.36. The summed E-state index contributed by atoms with van der Waals surface area (Å²) in [6, 6.07) is 10.4. The molecule has 0 aliphatic carbocycles. The summed E-state index contributed by atoms with van der Waals surface area (Å²) in [6.07, 6.45) is 4.26. The van der Waals surface area contributed by atoms with Gasteiger partial charge < -0.3 is 10.6 Å². The van der Waals surface area contributed by atoms with Crippen molar-refractivity contribution in [2.24, 2.45) is 5.73 Å². The van der Waals surface area contributed by atoms with E-state index >= 15 is 0 Å². The number of benzene rings is 1. The van der Waals surface area contributed by atoms with Crippen molar-refractivity contribution in [1.29, 1.82) is 0 Å². The van der Waals surface area contributed by atoms with Crippen LogP contribution in [0.1, 0.15) is 12.8 Å². The predicted molar refractivity (Wildman–Crippen MR) is 66.3 cm³/mol. The molecule has 0 saturated carbocycles. The maximum atomic E-state index is 6.06. The van der Waals surface area contributed by atoms with Gasteiger partial charge in [0.15, 0.2) is 0 Å². The van der Waals surface area contributed by atoms with Crippen LogP contribution >= 0.6 is 0 Å². The van der Waals surface area contributed by atoms with Crippen molar-refractivity contribution in [2.45, 2.75) is 19.0 Å². The molecular weight excluding hydrogens is 198 g/mol. The van der Waals surface area contributed by atoms with Gasteiger partial charge in [0.2, 0.25) is 0 Å². The SMILES string of the molecule is NC1CCCN1c1ccc2cccnc2c1. The Balaban J connectivity index is 2.04. The second-order valence-electron chi connectivity index (χ2n) is 4.28. The molecule has 1 aliphatic heterocycles. The van der Waals surface area contributed by atoms with Gasteiger partial charge in [-0.05, 0) is 31.0 Å². The molecule has 1 aromatic heterocycles. The van der Waals surface area contributed by atoms with E-state index in [1.165, 1.54) is 17.5 Å². The Morgan fingerprint density at radius 2 is 2.25 bits per heavy atom. The van der Waals surface area contributed by atoms with Gasteiger partial charge in [-0.2, -0.15) is 0 Å². The van der Waals surface area contributed by atoms with Gasteiger partial charge in [0.1, 0.15) is 0 Å². The lowest BCUT2D eigenvalue weighted by atomic mass is 10.2. The molecule has 1 unspecified atom stereocenters. The van der Waals surface area contributed by atoms with Crippen LogP contribution in [0.3, 0.4) is 0 Å². The fourth-order valence-corrected chi connectivity index (χ4v) is 2.35. The third-order valence-corrected chi connectivity index (χ3v) is 3.22. The number of aromatic nitrogens is 1. The maximum Gasteiger partial charge on any atom is 0.0771 e. The van der Waals surface area contributed by atoms with Gasteiger partial charge in [0.25, 0.3) is 0 Å². The molecule has 0 bridgehead atoms. The van der Waals surface area contributed by atoms with Crippen molar-refractivity contribution in [3.63, 3.8) is 0 Å². The van der Waals surface area contributed by atoms with E-state index < -0.39 is 0 Å². The van der Waals surface area contributed by atoms with Crippen LogP contribution in [-0.2, 0) is 0 Å². The summed E-state index contributed by atoms with van der Waals surface area (Å²) in [4.78, 5) is 6.63. The highest BCUT2D eigenvalue weighted by atomic mass is 15.2. The van der Waals surface area contributed by atoms with Crippen LogP contribution in [0.25, 0.3) is 10.9 Å². The van der Waals surface area contributed by atoms with Gasteiger partial charge in [0, 0.05) is 23.8 Å². The Morgan fingerprint density at radius 1 is 1.31 bits per heavy atom. The minimum atomic E-state index is 0.168. The van der Waals surface area contributed by atoms with E-state index in [2.05, 4.69) is 34.1 Å². The first-order valence-corrected chi connectivity index (χ1v) is 5.71. The van der Waals surface area contributed by atoms with Crippen LogP contribution < -0.4 is 10.6 Å². The van der Waals surface area contributed by atoms with E-state index in [-0.39, 0.29) is 6.17 Å². The number of nitrogens with zero attached hydrogens (tertiary/aromatic N) is 2. The summed E-state index contributed by atoms with van der Waals surface area (Å²) < 4.78 is 0. The molecule has 3 nitrogen and oxygen atoms in total. The van der Waals surface area contributed by atoms with Gasteiger partial charge in [-0.25, -0.2) is 0 Å². The molecule has 0 radical (unpaired) electrons. The molecule has 1 aromatic carbocycles. The zero-order chi connectivity index (χ0) is 11.0. The molecular formula is C13H15N3. The van der Waals surface area contributed by atoms with Gasteiger partial charge in [-0.15, -0.1) is 0 Å². The van der Waals surface area contributed by atoms with Crippen LogP contribution in [0, 0.1) is 0 Å². The number of hydrogen-bond donors (Lipinski definition) is 1. The van der Waals surface area contributed by atoms with Gasteiger partial charge in [0.05, 0.1) is 11.7 Å². The Hall–Kier alpha value is -1.61. The molecule has 2 aromatic rings. The molecule has 2 heterocycles. The largest absolute Gasteiger partial charge is 0.356 e. The third kappa shape index (κ3) is 1.53. The molecule has 16 heavy (non-hydrogen) atoms. The lowest BCUT2D eigenvalue weighted by Gasteiger charge is -2.23. The van der Waals surface area contributed by atoms with E-state index in [9.17, 15) is 0 Å². The molecule has 82 valence electrons. The fourth-order valence-electron chi connectivity index (χ4n) is 2.35. The zero-order valence-electron chi connectivity index (χ0n) is 9.13. The fraction of sp³-hybridized carbons (Fsp3) is 0.308. The Bertz CT molecular complexity index is 509. The van der Waals surface area contributed by atoms with Crippen LogP contribution in [0.5, 0.6) is 0 Å². The molecule has 1 fully saturated rings. The van der Waals surface area contributed by atoms with E-state index in [1.54, 1.807) is 0 Å². The van der Waals surface area contributed by atoms with Gasteiger partial charge in [-0.3, -0.25) is 4.98 Å². The first-order chi connectivity index (χ1) is 7.84. The Kier molecular flexibility index (Phi) is 2.26. The Labute approximate surface area is 94.9 Å². The van der Waals surface area contributed by atoms with Crippen molar-refractivity contribution >= 4 is 16.6 Å². The Morgan fingerprint density at radius 3 is 3.06 bits per heavy atom. The number of anilines is 1. The highest BCUT2D eigenvalue weighted by Crippen LogP contribution is 2.25. The number of rotatable bonds is 1. The summed E-state index contributed by atoms with van der Waals surface area (Å²) in [5.74, 6) is 0. The van der Waals surface area contributed by atoms with E-state index in [4.69, 9.17) is 5.73 Å². The standard InChI is InChI=1S/C13H15N3/c14-13-4-2-8-16(13)11-6-5-10-3-1-7-15-12(10)9-11/h1,3,5-7,9,13H,2,4,8,14H2. The molecule has 0 amide bonds. The molecule has 2 N–H and O–H groups in total. The normalized spacial score (nSPS) is 20.6.